The molecule has 1 aromatic heterocycles. The lowest BCUT2D eigenvalue weighted by Gasteiger charge is -2.21. The second kappa shape index (κ2) is 7.29. The van der Waals surface area contributed by atoms with E-state index in [9.17, 15) is 4.79 Å². The Morgan fingerprint density at radius 3 is 2.80 bits per heavy atom. The van der Waals surface area contributed by atoms with E-state index in [-0.39, 0.29) is 6.04 Å². The maximum Gasteiger partial charge on any atom is 0.407 e. The highest BCUT2D eigenvalue weighted by molar-refractivity contribution is 6.30. The molecule has 0 aliphatic heterocycles. The molecule has 0 saturated heterocycles. The molecular formula is C15H21ClN2O2. The average molecular weight is 297 g/mol. The molecule has 0 unspecified atom stereocenters. The van der Waals surface area contributed by atoms with Gasteiger partial charge >= 0.3 is 6.09 Å². The first-order chi connectivity index (χ1) is 9.26. The fourth-order valence-corrected chi connectivity index (χ4v) is 1.68. The summed E-state index contributed by atoms with van der Waals surface area (Å²) >= 11 is 5.85. The van der Waals surface area contributed by atoms with E-state index in [1.165, 1.54) is 0 Å². The minimum atomic E-state index is -0.480. The van der Waals surface area contributed by atoms with E-state index in [1.807, 2.05) is 45.9 Å². The van der Waals surface area contributed by atoms with Crippen LogP contribution < -0.4 is 5.32 Å². The summed E-state index contributed by atoms with van der Waals surface area (Å²) in [7, 11) is 0. The van der Waals surface area contributed by atoms with Crippen LogP contribution in [-0.4, -0.2) is 22.7 Å². The summed E-state index contributed by atoms with van der Waals surface area (Å²) < 4.78 is 5.19. The minimum absolute atomic E-state index is 0.00626. The van der Waals surface area contributed by atoms with Crippen molar-refractivity contribution in [1.29, 1.82) is 0 Å². The van der Waals surface area contributed by atoms with Gasteiger partial charge in [-0.2, -0.15) is 0 Å². The molecule has 0 bridgehead atoms. The number of carbonyl (C=O) groups excluding carboxylic acids is 1. The molecule has 1 N–H and O–H groups in total. The first kappa shape index (κ1) is 16.5. The fraction of sp³-hybridized carbons (Fsp3) is 0.467. The van der Waals surface area contributed by atoms with E-state index in [2.05, 4.69) is 10.3 Å². The van der Waals surface area contributed by atoms with Crippen LogP contribution >= 0.6 is 11.6 Å². The SMILES string of the molecule is C[C@@H](C/C=C/c1cncc(Cl)c1)NC(=O)OC(C)(C)C. The Hall–Kier alpha value is -1.55. The smallest absolute Gasteiger partial charge is 0.407 e. The van der Waals surface area contributed by atoms with Crippen molar-refractivity contribution < 1.29 is 9.53 Å². The van der Waals surface area contributed by atoms with Crippen LogP contribution in [0.3, 0.4) is 0 Å². The van der Waals surface area contributed by atoms with Gasteiger partial charge in [0.2, 0.25) is 0 Å². The van der Waals surface area contributed by atoms with Gasteiger partial charge in [-0.1, -0.05) is 23.8 Å². The normalized spacial score (nSPS) is 13.2. The Balaban J connectivity index is 2.40. The van der Waals surface area contributed by atoms with Crippen molar-refractivity contribution in [3.63, 3.8) is 0 Å². The third kappa shape index (κ3) is 7.14. The van der Waals surface area contributed by atoms with E-state index in [0.29, 0.717) is 11.4 Å². The van der Waals surface area contributed by atoms with Gasteiger partial charge in [0.15, 0.2) is 0 Å². The number of hydrogen-bond acceptors (Lipinski definition) is 3. The minimum Gasteiger partial charge on any atom is -0.444 e. The molecule has 0 aliphatic carbocycles. The van der Waals surface area contributed by atoms with Gasteiger partial charge in [0.05, 0.1) is 5.02 Å². The lowest BCUT2D eigenvalue weighted by atomic mass is 10.2. The number of carbonyl (C=O) groups is 1. The number of aromatic nitrogens is 1. The van der Waals surface area contributed by atoms with Crippen LogP contribution in [-0.2, 0) is 4.74 Å². The summed E-state index contributed by atoms with van der Waals surface area (Å²) in [5.74, 6) is 0. The third-order valence-electron chi connectivity index (χ3n) is 2.29. The molecule has 0 spiro atoms. The van der Waals surface area contributed by atoms with Gasteiger partial charge in [-0.05, 0) is 45.7 Å². The Morgan fingerprint density at radius 1 is 1.50 bits per heavy atom. The summed E-state index contributed by atoms with van der Waals surface area (Å²) in [5, 5.41) is 3.38. The van der Waals surface area contributed by atoms with E-state index >= 15 is 0 Å². The van der Waals surface area contributed by atoms with Crippen LogP contribution in [0.1, 0.15) is 39.7 Å². The van der Waals surface area contributed by atoms with Gasteiger partial charge < -0.3 is 10.1 Å². The van der Waals surface area contributed by atoms with Gasteiger partial charge in [-0.15, -0.1) is 0 Å². The summed E-state index contributed by atoms with van der Waals surface area (Å²) in [6, 6.07) is 1.82. The van der Waals surface area contributed by atoms with Gasteiger partial charge in [0, 0.05) is 18.4 Å². The quantitative estimate of drug-likeness (QED) is 0.912. The highest BCUT2D eigenvalue weighted by Crippen LogP contribution is 2.11. The molecule has 1 atom stereocenters. The number of hydrogen-bond donors (Lipinski definition) is 1. The summed E-state index contributed by atoms with van der Waals surface area (Å²) in [5.41, 5.74) is 0.452. The molecule has 0 saturated carbocycles. The molecule has 0 radical (unpaired) electrons. The predicted molar refractivity (Wildman–Crippen MR) is 81.7 cm³/mol. The monoisotopic (exact) mass is 296 g/mol. The van der Waals surface area contributed by atoms with Crippen LogP contribution in [0, 0.1) is 0 Å². The second-order valence-corrected chi connectivity index (χ2v) is 6.06. The molecule has 5 heteroatoms. The molecule has 1 amide bonds. The second-order valence-electron chi connectivity index (χ2n) is 5.62. The van der Waals surface area contributed by atoms with E-state index in [1.54, 1.807) is 12.4 Å². The Bertz CT molecular complexity index is 481. The highest BCUT2D eigenvalue weighted by Gasteiger charge is 2.16. The van der Waals surface area contributed by atoms with Crippen LogP contribution in [0.15, 0.2) is 24.5 Å². The van der Waals surface area contributed by atoms with E-state index < -0.39 is 11.7 Å². The molecule has 0 fully saturated rings. The molecule has 20 heavy (non-hydrogen) atoms. The van der Waals surface area contributed by atoms with Crippen LogP contribution in [0.2, 0.25) is 5.02 Å². The van der Waals surface area contributed by atoms with Crippen LogP contribution in [0.4, 0.5) is 4.79 Å². The van der Waals surface area contributed by atoms with Crippen molar-refractivity contribution in [1.82, 2.24) is 10.3 Å². The third-order valence-corrected chi connectivity index (χ3v) is 2.50. The molecule has 4 nitrogen and oxygen atoms in total. The summed E-state index contributed by atoms with van der Waals surface area (Å²) in [6.45, 7) is 7.43. The standard InChI is InChI=1S/C15H21ClN2O2/c1-11(18-14(19)20-15(2,3)4)6-5-7-12-8-13(16)10-17-9-12/h5,7-11H,6H2,1-4H3,(H,18,19)/b7-5+/t11-/m0/s1. The van der Waals surface area contributed by atoms with Crippen molar-refractivity contribution in [2.45, 2.75) is 45.8 Å². The molecule has 0 aliphatic rings. The van der Waals surface area contributed by atoms with E-state index in [0.717, 1.165) is 5.56 Å². The zero-order valence-corrected chi connectivity index (χ0v) is 13.1. The van der Waals surface area contributed by atoms with Gasteiger partial charge in [-0.25, -0.2) is 4.79 Å². The molecule has 1 rings (SSSR count). The average Bonchev–Trinajstić information content (AvgIpc) is 2.25. The van der Waals surface area contributed by atoms with Crippen molar-refractivity contribution in [2.75, 3.05) is 0 Å². The number of nitrogens with zero attached hydrogens (tertiary/aromatic N) is 1. The first-order valence-electron chi connectivity index (χ1n) is 6.53. The number of ether oxygens (including phenoxy) is 1. The number of pyridine rings is 1. The predicted octanol–water partition coefficient (Wildman–Crippen LogP) is 4.05. The summed E-state index contributed by atoms with van der Waals surface area (Å²) in [4.78, 5) is 15.6. The van der Waals surface area contributed by atoms with Gasteiger partial charge in [-0.3, -0.25) is 4.98 Å². The Labute approximate surface area is 125 Å². The van der Waals surface area contributed by atoms with Crippen molar-refractivity contribution in [3.05, 3.63) is 35.1 Å². The van der Waals surface area contributed by atoms with Crippen molar-refractivity contribution in [2.24, 2.45) is 0 Å². The van der Waals surface area contributed by atoms with Crippen molar-refractivity contribution in [3.8, 4) is 0 Å². The number of amides is 1. The van der Waals surface area contributed by atoms with Crippen LogP contribution in [0.5, 0.6) is 0 Å². The topological polar surface area (TPSA) is 51.2 Å². The van der Waals surface area contributed by atoms with Gasteiger partial charge in [0.1, 0.15) is 5.60 Å². The number of rotatable bonds is 4. The molecule has 0 aromatic carbocycles. The number of nitrogens with one attached hydrogen (secondary N) is 1. The Morgan fingerprint density at radius 2 is 2.20 bits per heavy atom. The molecular weight excluding hydrogens is 276 g/mol. The van der Waals surface area contributed by atoms with E-state index in [4.69, 9.17) is 16.3 Å². The number of halogens is 1. The Kier molecular flexibility index (Phi) is 6.02. The molecule has 110 valence electrons. The number of alkyl carbamates (subject to hydrolysis) is 1. The fourth-order valence-electron chi connectivity index (χ4n) is 1.50. The zero-order chi connectivity index (χ0) is 15.2. The van der Waals surface area contributed by atoms with Gasteiger partial charge in [0.25, 0.3) is 0 Å². The maximum atomic E-state index is 11.6. The lowest BCUT2D eigenvalue weighted by molar-refractivity contribution is 0.0509. The maximum absolute atomic E-state index is 11.6. The van der Waals surface area contributed by atoms with Crippen molar-refractivity contribution >= 4 is 23.8 Å². The van der Waals surface area contributed by atoms with Crippen LogP contribution in [0.25, 0.3) is 6.08 Å². The first-order valence-corrected chi connectivity index (χ1v) is 6.90. The zero-order valence-electron chi connectivity index (χ0n) is 12.3. The highest BCUT2D eigenvalue weighted by atomic mass is 35.5. The molecule has 1 heterocycles. The summed E-state index contributed by atoms with van der Waals surface area (Å²) in [6.07, 6.45) is 7.51. The largest absolute Gasteiger partial charge is 0.444 e. The lowest BCUT2D eigenvalue weighted by Crippen LogP contribution is -2.37. The molecule has 1 aromatic rings.